The Hall–Kier alpha value is -1.51. The van der Waals surface area contributed by atoms with Gasteiger partial charge in [-0.25, -0.2) is 13.4 Å². The summed E-state index contributed by atoms with van der Waals surface area (Å²) >= 11 is 1.43. The van der Waals surface area contributed by atoms with E-state index in [0.717, 1.165) is 16.5 Å². The van der Waals surface area contributed by atoms with Gasteiger partial charge in [-0.3, -0.25) is 0 Å². The van der Waals surface area contributed by atoms with Crippen LogP contribution in [0.25, 0.3) is 0 Å². The summed E-state index contributed by atoms with van der Waals surface area (Å²) in [6.07, 6.45) is 2.38. The number of hydrogen-bond donors (Lipinski definition) is 0. The molecule has 0 spiro atoms. The Kier molecular flexibility index (Phi) is 4.76. The lowest BCUT2D eigenvalue weighted by atomic mass is 9.87. The predicted molar refractivity (Wildman–Crippen MR) is 108 cm³/mol. The third kappa shape index (κ3) is 3.88. The minimum absolute atomic E-state index is 0.00891. The fourth-order valence-corrected chi connectivity index (χ4v) is 5.48. The number of hydrogen-bond acceptors (Lipinski definition) is 6. The zero-order chi connectivity index (χ0) is 19.2. The second kappa shape index (κ2) is 6.83. The molecule has 0 radical (unpaired) electrons. The third-order valence-electron chi connectivity index (χ3n) is 5.24. The number of piperazine rings is 1. The molecule has 0 atom stereocenters. The Morgan fingerprint density at radius 1 is 1.04 bits per heavy atom. The maximum atomic E-state index is 13.0. The van der Waals surface area contributed by atoms with Gasteiger partial charge in [-0.05, 0) is 36.0 Å². The van der Waals surface area contributed by atoms with Crippen molar-refractivity contribution in [2.24, 2.45) is 0 Å². The van der Waals surface area contributed by atoms with Gasteiger partial charge in [0.05, 0.1) is 4.90 Å². The number of sulfonamides is 1. The molecule has 0 amide bonds. The van der Waals surface area contributed by atoms with Gasteiger partial charge >= 0.3 is 0 Å². The van der Waals surface area contributed by atoms with Crippen LogP contribution in [0.1, 0.15) is 50.9 Å². The summed E-state index contributed by atoms with van der Waals surface area (Å²) in [6.45, 7) is 8.62. The number of aromatic nitrogens is 2. The largest absolute Gasteiger partial charge is 0.344 e. The Balaban J connectivity index is 1.43. The lowest BCUT2D eigenvalue weighted by Gasteiger charge is -2.33. The van der Waals surface area contributed by atoms with Gasteiger partial charge in [-0.1, -0.05) is 32.9 Å². The standard InChI is InChI=1S/C19H26N4O2S2/c1-19(2,3)15-6-8-16(9-7-15)27(24,25)23-12-10-22(11-13-23)18-20-17(21-26-18)14-4-5-14/h6-9,14H,4-5,10-13H2,1-3H3. The fraction of sp³-hybridized carbons (Fsp3) is 0.579. The van der Waals surface area contributed by atoms with Gasteiger partial charge in [-0.2, -0.15) is 8.68 Å². The van der Waals surface area contributed by atoms with E-state index < -0.39 is 10.0 Å². The van der Waals surface area contributed by atoms with E-state index in [1.807, 2.05) is 12.1 Å². The van der Waals surface area contributed by atoms with Crippen molar-refractivity contribution in [1.82, 2.24) is 13.7 Å². The molecule has 1 saturated carbocycles. The van der Waals surface area contributed by atoms with Crippen molar-refractivity contribution in [3.05, 3.63) is 35.7 Å². The maximum absolute atomic E-state index is 13.0. The Morgan fingerprint density at radius 2 is 1.67 bits per heavy atom. The van der Waals surface area contributed by atoms with E-state index in [1.54, 1.807) is 16.4 Å². The normalized spacial score (nSPS) is 19.4. The quantitative estimate of drug-likeness (QED) is 0.780. The van der Waals surface area contributed by atoms with Crippen LogP contribution in [0.4, 0.5) is 5.13 Å². The SMILES string of the molecule is CC(C)(C)c1ccc(S(=O)(=O)N2CCN(c3nc(C4CC4)ns3)CC2)cc1. The second-order valence-corrected chi connectivity index (χ2v) is 11.0. The average Bonchev–Trinajstić information content (AvgIpc) is 3.38. The molecule has 6 nitrogen and oxygen atoms in total. The molecule has 2 aliphatic rings. The van der Waals surface area contributed by atoms with Crippen LogP contribution < -0.4 is 4.90 Å². The highest BCUT2D eigenvalue weighted by molar-refractivity contribution is 7.89. The molecule has 27 heavy (non-hydrogen) atoms. The van der Waals surface area contributed by atoms with Gasteiger partial charge in [-0.15, -0.1) is 0 Å². The minimum atomic E-state index is -3.45. The predicted octanol–water partition coefficient (Wildman–Crippen LogP) is 3.22. The molecule has 1 aliphatic carbocycles. The Bertz CT molecular complexity index is 904. The van der Waals surface area contributed by atoms with Crippen molar-refractivity contribution in [2.75, 3.05) is 31.1 Å². The van der Waals surface area contributed by atoms with Crippen LogP contribution in [-0.2, 0) is 15.4 Å². The van der Waals surface area contributed by atoms with Crippen LogP contribution in [-0.4, -0.2) is 48.3 Å². The summed E-state index contributed by atoms with van der Waals surface area (Å²) in [4.78, 5) is 7.16. The van der Waals surface area contributed by atoms with Crippen LogP contribution in [0.15, 0.2) is 29.2 Å². The molecular formula is C19H26N4O2S2. The molecule has 1 aromatic heterocycles. The molecule has 0 bridgehead atoms. The van der Waals surface area contributed by atoms with Crippen molar-refractivity contribution in [3.63, 3.8) is 0 Å². The summed E-state index contributed by atoms with van der Waals surface area (Å²) in [5.41, 5.74) is 1.14. The van der Waals surface area contributed by atoms with Gasteiger partial charge in [0.25, 0.3) is 0 Å². The monoisotopic (exact) mass is 406 g/mol. The van der Waals surface area contributed by atoms with Crippen LogP contribution in [0.2, 0.25) is 0 Å². The first-order valence-corrected chi connectivity index (χ1v) is 11.7. The van der Waals surface area contributed by atoms with Crippen LogP contribution >= 0.6 is 11.5 Å². The van der Waals surface area contributed by atoms with Crippen molar-refractivity contribution >= 4 is 26.7 Å². The molecule has 1 saturated heterocycles. The molecular weight excluding hydrogens is 380 g/mol. The van der Waals surface area contributed by atoms with E-state index in [9.17, 15) is 8.42 Å². The molecule has 0 N–H and O–H groups in total. The van der Waals surface area contributed by atoms with Crippen molar-refractivity contribution in [3.8, 4) is 0 Å². The van der Waals surface area contributed by atoms with Crippen molar-refractivity contribution in [1.29, 1.82) is 0 Å². The highest BCUT2D eigenvalue weighted by atomic mass is 32.2. The molecule has 2 heterocycles. The van der Waals surface area contributed by atoms with Gasteiger partial charge in [0.1, 0.15) is 5.82 Å². The fourth-order valence-electron chi connectivity index (χ4n) is 3.26. The van der Waals surface area contributed by atoms with Gasteiger partial charge < -0.3 is 4.90 Å². The van der Waals surface area contributed by atoms with Crippen LogP contribution in [0.3, 0.4) is 0 Å². The summed E-state index contributed by atoms with van der Waals surface area (Å²) in [5, 5.41) is 0.920. The van der Waals surface area contributed by atoms with Gasteiger partial charge in [0.15, 0.2) is 0 Å². The smallest absolute Gasteiger partial charge is 0.243 e. The molecule has 1 aromatic carbocycles. The lowest BCUT2D eigenvalue weighted by molar-refractivity contribution is 0.384. The molecule has 4 rings (SSSR count). The third-order valence-corrected chi connectivity index (χ3v) is 7.94. The summed E-state index contributed by atoms with van der Waals surface area (Å²) < 4.78 is 32.0. The summed E-state index contributed by atoms with van der Waals surface area (Å²) in [6, 6.07) is 7.30. The topological polar surface area (TPSA) is 66.4 Å². The Morgan fingerprint density at radius 3 is 2.22 bits per heavy atom. The molecule has 2 aromatic rings. The highest BCUT2D eigenvalue weighted by Crippen LogP contribution is 2.39. The van der Waals surface area contributed by atoms with Gasteiger partial charge in [0.2, 0.25) is 15.2 Å². The van der Waals surface area contributed by atoms with E-state index in [2.05, 4.69) is 35.0 Å². The molecule has 8 heteroatoms. The number of nitrogens with zero attached hydrogens (tertiary/aromatic N) is 4. The molecule has 0 unspecified atom stereocenters. The summed E-state index contributed by atoms with van der Waals surface area (Å²) in [5.74, 6) is 1.51. The van der Waals surface area contributed by atoms with Crippen molar-refractivity contribution in [2.45, 2.75) is 49.8 Å². The summed E-state index contributed by atoms with van der Waals surface area (Å²) in [7, 11) is -3.45. The molecule has 2 fully saturated rings. The van der Waals surface area contributed by atoms with Crippen LogP contribution in [0.5, 0.6) is 0 Å². The van der Waals surface area contributed by atoms with E-state index in [-0.39, 0.29) is 5.41 Å². The van der Waals surface area contributed by atoms with Crippen molar-refractivity contribution < 1.29 is 8.42 Å². The first-order chi connectivity index (χ1) is 12.7. The zero-order valence-electron chi connectivity index (χ0n) is 16.1. The van der Waals surface area contributed by atoms with Crippen LogP contribution in [0, 0.1) is 0 Å². The lowest BCUT2D eigenvalue weighted by Crippen LogP contribution is -2.48. The second-order valence-electron chi connectivity index (χ2n) is 8.37. The van der Waals surface area contributed by atoms with E-state index in [4.69, 9.17) is 0 Å². The maximum Gasteiger partial charge on any atom is 0.243 e. The highest BCUT2D eigenvalue weighted by Gasteiger charge is 2.32. The van der Waals surface area contributed by atoms with E-state index in [0.29, 0.717) is 37.0 Å². The van der Waals surface area contributed by atoms with E-state index in [1.165, 1.54) is 24.4 Å². The average molecular weight is 407 g/mol. The first-order valence-electron chi connectivity index (χ1n) is 9.44. The molecule has 1 aliphatic heterocycles. The van der Waals surface area contributed by atoms with Gasteiger partial charge in [0, 0.05) is 43.6 Å². The first kappa shape index (κ1) is 18.8. The molecule has 146 valence electrons. The number of anilines is 1. The minimum Gasteiger partial charge on any atom is -0.344 e. The Labute approximate surface area is 165 Å². The van der Waals surface area contributed by atoms with E-state index >= 15 is 0 Å². The number of rotatable bonds is 4. The zero-order valence-corrected chi connectivity index (χ0v) is 17.7. The number of benzene rings is 1.